The van der Waals surface area contributed by atoms with Gasteiger partial charge in [-0.2, -0.15) is 0 Å². The van der Waals surface area contributed by atoms with Crippen molar-refractivity contribution in [2.75, 3.05) is 18.1 Å². The Kier molecular flexibility index (Phi) is 4.49. The van der Waals surface area contributed by atoms with Crippen molar-refractivity contribution in [3.63, 3.8) is 0 Å². The van der Waals surface area contributed by atoms with Crippen molar-refractivity contribution in [1.82, 2.24) is 4.98 Å². The summed E-state index contributed by atoms with van der Waals surface area (Å²) in [6.07, 6.45) is 6.86. The van der Waals surface area contributed by atoms with Crippen molar-refractivity contribution in [1.29, 1.82) is 0 Å². The Morgan fingerprint density at radius 1 is 1.23 bits per heavy atom. The molecule has 1 aromatic carbocycles. The quantitative estimate of drug-likeness (QED) is 0.911. The molecule has 0 radical (unpaired) electrons. The van der Waals surface area contributed by atoms with E-state index in [1.807, 2.05) is 23.5 Å². The summed E-state index contributed by atoms with van der Waals surface area (Å²) in [6, 6.07) is 7.04. The molecule has 4 nitrogen and oxygen atoms in total. The highest BCUT2D eigenvalue weighted by molar-refractivity contribution is 7.90. The highest BCUT2D eigenvalue weighted by Gasteiger charge is 2.15. The molecule has 1 heterocycles. The molecule has 1 aliphatic rings. The van der Waals surface area contributed by atoms with Gasteiger partial charge >= 0.3 is 0 Å². The second-order valence-corrected chi connectivity index (χ2v) is 8.78. The van der Waals surface area contributed by atoms with Gasteiger partial charge < -0.3 is 5.32 Å². The van der Waals surface area contributed by atoms with Gasteiger partial charge in [-0.15, -0.1) is 11.3 Å². The van der Waals surface area contributed by atoms with Crippen LogP contribution >= 0.6 is 11.3 Å². The van der Waals surface area contributed by atoms with Gasteiger partial charge in [0.1, 0.15) is 0 Å². The first kappa shape index (κ1) is 15.5. The second kappa shape index (κ2) is 6.38. The molecule has 0 bridgehead atoms. The smallest absolute Gasteiger partial charge is 0.177 e. The van der Waals surface area contributed by atoms with Gasteiger partial charge in [0.15, 0.2) is 9.84 Å². The number of para-hydroxylation sites is 1. The lowest BCUT2D eigenvalue weighted by Crippen LogP contribution is -2.09. The molecule has 0 fully saturated rings. The van der Waals surface area contributed by atoms with Crippen LogP contribution in [0.3, 0.4) is 0 Å². The lowest BCUT2D eigenvalue weighted by atomic mass is 10.0. The maximum atomic E-state index is 11.8. The molecule has 0 aliphatic heterocycles. The zero-order valence-corrected chi connectivity index (χ0v) is 14.3. The third-order valence-corrected chi connectivity index (χ3v) is 6.20. The van der Waals surface area contributed by atoms with Crippen molar-refractivity contribution >= 4 is 26.9 Å². The highest BCUT2D eigenvalue weighted by Crippen LogP contribution is 2.27. The van der Waals surface area contributed by atoms with Crippen LogP contribution in [0.25, 0.3) is 0 Å². The molecule has 1 N–H and O–H groups in total. The zero-order valence-electron chi connectivity index (χ0n) is 12.6. The molecular weight excluding hydrogens is 316 g/mol. The summed E-state index contributed by atoms with van der Waals surface area (Å²) in [6.45, 7) is 0.693. The molecule has 0 spiro atoms. The number of thiazole rings is 1. The summed E-state index contributed by atoms with van der Waals surface area (Å²) >= 11 is 1.81. The molecule has 3 rings (SSSR count). The van der Waals surface area contributed by atoms with Crippen LogP contribution in [0.1, 0.15) is 28.4 Å². The van der Waals surface area contributed by atoms with Crippen LogP contribution in [0.4, 0.5) is 5.69 Å². The van der Waals surface area contributed by atoms with Gasteiger partial charge in [0.25, 0.3) is 0 Å². The summed E-state index contributed by atoms with van der Waals surface area (Å²) in [5.74, 6) is 0. The van der Waals surface area contributed by atoms with Crippen LogP contribution in [0.15, 0.2) is 29.2 Å². The molecule has 22 heavy (non-hydrogen) atoms. The molecule has 0 atom stereocenters. The molecule has 118 valence electrons. The van der Waals surface area contributed by atoms with Crippen LogP contribution in [0, 0.1) is 0 Å². The molecule has 1 aromatic heterocycles. The summed E-state index contributed by atoms with van der Waals surface area (Å²) in [5, 5.41) is 4.39. The number of hydrogen-bond donors (Lipinski definition) is 1. The van der Waals surface area contributed by atoms with Gasteiger partial charge in [-0.1, -0.05) is 12.1 Å². The number of nitrogens with one attached hydrogen (secondary N) is 1. The Morgan fingerprint density at radius 3 is 2.77 bits per heavy atom. The van der Waals surface area contributed by atoms with Crippen molar-refractivity contribution in [3.05, 3.63) is 39.8 Å². The minimum absolute atomic E-state index is 0.355. The number of nitrogens with zero attached hydrogens (tertiary/aromatic N) is 1. The Labute approximate surface area is 135 Å². The summed E-state index contributed by atoms with van der Waals surface area (Å²) in [7, 11) is -3.21. The number of aryl methyl sites for hydroxylation is 2. The Hall–Kier alpha value is -1.40. The highest BCUT2D eigenvalue weighted by atomic mass is 32.2. The SMILES string of the molecule is CS(=O)(=O)c1ccccc1NCCc1nc2c(s1)CCCC2. The van der Waals surface area contributed by atoms with Gasteiger partial charge in [0.05, 0.1) is 21.3 Å². The lowest BCUT2D eigenvalue weighted by Gasteiger charge is -2.09. The van der Waals surface area contributed by atoms with E-state index in [4.69, 9.17) is 4.98 Å². The molecule has 1 aliphatic carbocycles. The van der Waals surface area contributed by atoms with Crippen molar-refractivity contribution < 1.29 is 8.42 Å². The minimum atomic E-state index is -3.21. The standard InChI is InChI=1S/C16H20N2O2S2/c1-22(19,20)15-9-5-3-7-13(15)17-11-10-16-18-12-6-2-4-8-14(12)21-16/h3,5,7,9,17H,2,4,6,8,10-11H2,1H3. The number of anilines is 1. The summed E-state index contributed by atoms with van der Waals surface area (Å²) in [4.78, 5) is 6.51. The number of sulfone groups is 1. The summed E-state index contributed by atoms with van der Waals surface area (Å²) in [5.41, 5.74) is 1.95. The molecular formula is C16H20N2O2S2. The lowest BCUT2D eigenvalue weighted by molar-refractivity contribution is 0.602. The number of hydrogen-bond acceptors (Lipinski definition) is 5. The minimum Gasteiger partial charge on any atom is -0.384 e. The first-order valence-corrected chi connectivity index (χ1v) is 10.3. The fourth-order valence-electron chi connectivity index (χ4n) is 2.75. The third kappa shape index (κ3) is 3.50. The fraction of sp³-hybridized carbons (Fsp3) is 0.438. The zero-order chi connectivity index (χ0) is 15.6. The first-order valence-electron chi connectivity index (χ1n) is 7.54. The van der Waals surface area contributed by atoms with Gasteiger partial charge in [-0.05, 0) is 37.8 Å². The van der Waals surface area contributed by atoms with Crippen LogP contribution in [0.5, 0.6) is 0 Å². The maximum absolute atomic E-state index is 11.8. The Morgan fingerprint density at radius 2 is 2.00 bits per heavy atom. The monoisotopic (exact) mass is 336 g/mol. The Bertz CT molecular complexity index is 743. The van der Waals surface area contributed by atoms with Gasteiger partial charge in [-0.25, -0.2) is 13.4 Å². The largest absolute Gasteiger partial charge is 0.384 e. The maximum Gasteiger partial charge on any atom is 0.177 e. The summed E-state index contributed by atoms with van der Waals surface area (Å²) < 4.78 is 23.5. The average Bonchev–Trinajstić information content (AvgIpc) is 2.89. The second-order valence-electron chi connectivity index (χ2n) is 5.63. The molecule has 0 saturated carbocycles. The van der Waals surface area contributed by atoms with E-state index in [1.165, 1.54) is 29.7 Å². The number of benzene rings is 1. The van der Waals surface area contributed by atoms with E-state index in [0.29, 0.717) is 17.1 Å². The van der Waals surface area contributed by atoms with Crippen molar-refractivity contribution in [2.24, 2.45) is 0 Å². The molecule has 0 saturated heterocycles. The van der Waals surface area contributed by atoms with E-state index in [9.17, 15) is 8.42 Å². The van der Waals surface area contributed by atoms with E-state index < -0.39 is 9.84 Å². The van der Waals surface area contributed by atoms with Crippen molar-refractivity contribution in [3.8, 4) is 0 Å². The van der Waals surface area contributed by atoms with Gasteiger partial charge in [0, 0.05) is 24.1 Å². The first-order chi connectivity index (χ1) is 10.5. The van der Waals surface area contributed by atoms with Gasteiger partial charge in [-0.3, -0.25) is 0 Å². The van der Waals surface area contributed by atoms with E-state index in [2.05, 4.69) is 5.32 Å². The van der Waals surface area contributed by atoms with E-state index >= 15 is 0 Å². The number of rotatable bonds is 5. The number of aromatic nitrogens is 1. The predicted molar refractivity (Wildman–Crippen MR) is 90.5 cm³/mol. The Balaban J connectivity index is 1.65. The normalized spacial score (nSPS) is 14.6. The third-order valence-electron chi connectivity index (χ3n) is 3.83. The molecule has 6 heteroatoms. The van der Waals surface area contributed by atoms with E-state index in [0.717, 1.165) is 24.3 Å². The van der Waals surface area contributed by atoms with Crippen LogP contribution < -0.4 is 5.32 Å². The van der Waals surface area contributed by atoms with E-state index in [-0.39, 0.29) is 0 Å². The van der Waals surface area contributed by atoms with Crippen molar-refractivity contribution in [2.45, 2.75) is 37.0 Å². The molecule has 2 aromatic rings. The molecule has 0 amide bonds. The average molecular weight is 336 g/mol. The fourth-order valence-corrected chi connectivity index (χ4v) is 4.77. The van der Waals surface area contributed by atoms with Crippen LogP contribution in [-0.4, -0.2) is 26.2 Å². The predicted octanol–water partition coefficient (Wildman–Crippen LogP) is 3.08. The van der Waals surface area contributed by atoms with Gasteiger partial charge in [0.2, 0.25) is 0 Å². The molecule has 0 unspecified atom stereocenters. The number of fused-ring (bicyclic) bond motifs is 1. The van der Waals surface area contributed by atoms with Crippen LogP contribution in [0.2, 0.25) is 0 Å². The van der Waals surface area contributed by atoms with Crippen LogP contribution in [-0.2, 0) is 29.1 Å². The topological polar surface area (TPSA) is 59.1 Å². The van der Waals surface area contributed by atoms with E-state index in [1.54, 1.807) is 12.1 Å².